The summed E-state index contributed by atoms with van der Waals surface area (Å²) < 4.78 is 5.22. The summed E-state index contributed by atoms with van der Waals surface area (Å²) in [7, 11) is 0. The van der Waals surface area contributed by atoms with Crippen LogP contribution in [0.3, 0.4) is 0 Å². The molecular weight excluding hydrogens is 314 g/mol. The van der Waals surface area contributed by atoms with Crippen molar-refractivity contribution in [3.05, 3.63) is 0 Å². The highest BCUT2D eigenvalue weighted by Crippen LogP contribution is 2.28. The van der Waals surface area contributed by atoms with Gasteiger partial charge in [-0.05, 0) is 38.9 Å². The Labute approximate surface area is 122 Å². The number of thioether (sulfide) groups is 1. The number of ether oxygens (including phenoxy) is 1. The molecule has 2 rings (SSSR count). The molecule has 0 spiro atoms. The smallest absolute Gasteiger partial charge is 0.239 e. The molecule has 5 heteroatoms. The summed E-state index contributed by atoms with van der Waals surface area (Å²) in [6, 6.07) is 0.392. The lowest BCUT2D eigenvalue weighted by molar-refractivity contribution is -0.136. The Morgan fingerprint density at radius 1 is 1.50 bits per heavy atom. The first-order chi connectivity index (χ1) is 8.48. The van der Waals surface area contributed by atoms with Gasteiger partial charge in [0.15, 0.2) is 0 Å². The number of carbonyl (C=O) groups is 1. The second kappa shape index (κ2) is 6.14. The van der Waals surface area contributed by atoms with Crippen LogP contribution in [-0.2, 0) is 9.53 Å². The SMILES string of the molecule is CC(C)(Br)C(=O)N(CC1CCCO1)C1CCSC1. The van der Waals surface area contributed by atoms with E-state index in [1.54, 1.807) is 0 Å². The van der Waals surface area contributed by atoms with Crippen molar-refractivity contribution in [3.8, 4) is 0 Å². The molecule has 2 aliphatic rings. The Kier molecular flexibility index (Phi) is 5.00. The van der Waals surface area contributed by atoms with Crippen molar-refractivity contribution in [3.63, 3.8) is 0 Å². The quantitative estimate of drug-likeness (QED) is 0.740. The molecule has 3 nitrogen and oxygen atoms in total. The highest BCUT2D eigenvalue weighted by atomic mass is 79.9. The largest absolute Gasteiger partial charge is 0.376 e. The molecule has 0 aromatic heterocycles. The zero-order chi connectivity index (χ0) is 13.2. The number of nitrogens with zero attached hydrogens (tertiary/aromatic N) is 1. The van der Waals surface area contributed by atoms with Crippen molar-refractivity contribution >= 4 is 33.6 Å². The van der Waals surface area contributed by atoms with Crippen LogP contribution in [-0.4, -0.2) is 51.9 Å². The molecular formula is C13H22BrNO2S. The van der Waals surface area contributed by atoms with Crippen LogP contribution in [0.1, 0.15) is 33.1 Å². The molecule has 2 unspecified atom stereocenters. The van der Waals surface area contributed by atoms with Crippen LogP contribution in [0.25, 0.3) is 0 Å². The fourth-order valence-corrected chi connectivity index (χ4v) is 3.97. The number of hydrogen-bond acceptors (Lipinski definition) is 3. The minimum Gasteiger partial charge on any atom is -0.376 e. The molecule has 2 fully saturated rings. The third-order valence-corrected chi connectivity index (χ3v) is 5.02. The van der Waals surface area contributed by atoms with E-state index in [1.807, 2.05) is 25.6 Å². The highest BCUT2D eigenvalue weighted by molar-refractivity contribution is 9.10. The van der Waals surface area contributed by atoms with Crippen molar-refractivity contribution in [1.29, 1.82) is 0 Å². The molecule has 0 aromatic carbocycles. The molecule has 2 aliphatic heterocycles. The third kappa shape index (κ3) is 3.64. The van der Waals surface area contributed by atoms with Crippen LogP contribution in [0.2, 0.25) is 0 Å². The van der Waals surface area contributed by atoms with Crippen molar-refractivity contribution in [2.24, 2.45) is 0 Å². The molecule has 0 aliphatic carbocycles. The second-order valence-electron chi connectivity index (χ2n) is 5.58. The summed E-state index contributed by atoms with van der Waals surface area (Å²) in [5, 5.41) is 0. The fraction of sp³-hybridized carbons (Fsp3) is 0.923. The van der Waals surface area contributed by atoms with Gasteiger partial charge in [-0.3, -0.25) is 4.79 Å². The third-order valence-electron chi connectivity index (χ3n) is 3.54. The monoisotopic (exact) mass is 335 g/mol. The van der Waals surface area contributed by atoms with Crippen LogP contribution in [0.15, 0.2) is 0 Å². The van der Waals surface area contributed by atoms with Gasteiger partial charge >= 0.3 is 0 Å². The van der Waals surface area contributed by atoms with E-state index in [2.05, 4.69) is 20.8 Å². The number of amides is 1. The number of halogens is 1. The van der Waals surface area contributed by atoms with Crippen LogP contribution < -0.4 is 0 Å². The predicted octanol–water partition coefficient (Wildman–Crippen LogP) is 2.67. The van der Waals surface area contributed by atoms with Gasteiger partial charge in [-0.2, -0.15) is 11.8 Å². The minimum atomic E-state index is -0.473. The average Bonchev–Trinajstić information content (AvgIpc) is 2.96. The lowest BCUT2D eigenvalue weighted by Gasteiger charge is -2.34. The molecule has 104 valence electrons. The zero-order valence-corrected chi connectivity index (χ0v) is 13.6. The first-order valence-electron chi connectivity index (χ1n) is 6.68. The molecule has 2 saturated heterocycles. The summed E-state index contributed by atoms with van der Waals surface area (Å²) in [4.78, 5) is 14.6. The number of rotatable bonds is 4. The summed E-state index contributed by atoms with van der Waals surface area (Å²) in [5.74, 6) is 2.44. The van der Waals surface area contributed by atoms with Crippen molar-refractivity contribution < 1.29 is 9.53 Å². The van der Waals surface area contributed by atoms with Crippen LogP contribution in [0.4, 0.5) is 0 Å². The molecule has 0 radical (unpaired) electrons. The number of alkyl halides is 1. The lowest BCUT2D eigenvalue weighted by Crippen LogP contribution is -2.50. The average molecular weight is 336 g/mol. The number of carbonyl (C=O) groups excluding carboxylic acids is 1. The normalized spacial score (nSPS) is 28.6. The Hall–Kier alpha value is 0.260. The van der Waals surface area contributed by atoms with Gasteiger partial charge in [0, 0.05) is 24.9 Å². The Bertz CT molecular complexity index is 294. The summed E-state index contributed by atoms with van der Waals surface area (Å²) >= 11 is 5.45. The van der Waals surface area contributed by atoms with E-state index in [1.165, 1.54) is 5.75 Å². The first kappa shape index (κ1) is 14.7. The minimum absolute atomic E-state index is 0.200. The molecule has 0 bridgehead atoms. The first-order valence-corrected chi connectivity index (χ1v) is 8.62. The second-order valence-corrected chi connectivity index (χ2v) is 8.71. The van der Waals surface area contributed by atoms with Gasteiger partial charge in [0.25, 0.3) is 0 Å². The maximum atomic E-state index is 12.6. The maximum Gasteiger partial charge on any atom is 0.239 e. The standard InChI is InChI=1S/C13H22BrNO2S/c1-13(2,14)12(16)15(10-5-7-18-9-10)8-11-4-3-6-17-11/h10-11H,3-9H2,1-2H3. The summed E-state index contributed by atoms with van der Waals surface area (Å²) in [6.45, 7) is 5.47. The fourth-order valence-electron chi connectivity index (χ4n) is 2.51. The molecule has 0 aromatic rings. The van der Waals surface area contributed by atoms with Crippen LogP contribution in [0.5, 0.6) is 0 Å². The Morgan fingerprint density at radius 3 is 2.78 bits per heavy atom. The van der Waals surface area contributed by atoms with Gasteiger partial charge in [0.2, 0.25) is 5.91 Å². The van der Waals surface area contributed by atoms with Crippen molar-refractivity contribution in [2.75, 3.05) is 24.7 Å². The van der Waals surface area contributed by atoms with E-state index in [0.717, 1.165) is 38.2 Å². The Morgan fingerprint density at radius 2 is 2.28 bits per heavy atom. The van der Waals surface area contributed by atoms with E-state index in [-0.39, 0.29) is 12.0 Å². The molecule has 18 heavy (non-hydrogen) atoms. The van der Waals surface area contributed by atoms with E-state index in [0.29, 0.717) is 6.04 Å². The molecule has 2 atom stereocenters. The van der Waals surface area contributed by atoms with E-state index in [4.69, 9.17) is 4.74 Å². The number of hydrogen-bond donors (Lipinski definition) is 0. The topological polar surface area (TPSA) is 29.5 Å². The molecule has 2 heterocycles. The summed E-state index contributed by atoms with van der Waals surface area (Å²) in [6.07, 6.45) is 3.58. The highest BCUT2D eigenvalue weighted by Gasteiger charge is 2.36. The zero-order valence-electron chi connectivity index (χ0n) is 11.2. The van der Waals surface area contributed by atoms with Gasteiger partial charge in [-0.1, -0.05) is 15.9 Å². The van der Waals surface area contributed by atoms with Crippen LogP contribution >= 0.6 is 27.7 Å². The van der Waals surface area contributed by atoms with Gasteiger partial charge in [-0.25, -0.2) is 0 Å². The van der Waals surface area contributed by atoms with Crippen molar-refractivity contribution in [1.82, 2.24) is 4.90 Å². The van der Waals surface area contributed by atoms with E-state index in [9.17, 15) is 4.79 Å². The van der Waals surface area contributed by atoms with E-state index >= 15 is 0 Å². The van der Waals surface area contributed by atoms with Crippen molar-refractivity contribution in [2.45, 2.75) is 49.6 Å². The summed E-state index contributed by atoms with van der Waals surface area (Å²) in [5.41, 5.74) is 0. The predicted molar refractivity (Wildman–Crippen MR) is 79.4 cm³/mol. The van der Waals surface area contributed by atoms with Gasteiger partial charge in [0.1, 0.15) is 0 Å². The molecule has 0 N–H and O–H groups in total. The van der Waals surface area contributed by atoms with Gasteiger partial charge in [0.05, 0.1) is 10.4 Å². The molecule has 1 amide bonds. The van der Waals surface area contributed by atoms with Gasteiger partial charge < -0.3 is 9.64 Å². The van der Waals surface area contributed by atoms with Gasteiger partial charge in [-0.15, -0.1) is 0 Å². The maximum absolute atomic E-state index is 12.6. The Balaban J connectivity index is 2.03. The molecule has 0 saturated carbocycles. The van der Waals surface area contributed by atoms with E-state index < -0.39 is 4.32 Å². The lowest BCUT2D eigenvalue weighted by atomic mass is 10.1. The van der Waals surface area contributed by atoms with Crippen LogP contribution in [0, 0.1) is 0 Å².